The van der Waals surface area contributed by atoms with Crippen LogP contribution in [-0.2, 0) is 14.3 Å². The molecule has 0 aromatic carbocycles. The van der Waals surface area contributed by atoms with Gasteiger partial charge in [0.1, 0.15) is 0 Å². The van der Waals surface area contributed by atoms with Gasteiger partial charge in [-0.25, -0.2) is 0 Å². The van der Waals surface area contributed by atoms with Gasteiger partial charge in [-0.05, 0) is 38.8 Å². The van der Waals surface area contributed by atoms with Gasteiger partial charge in [-0.1, -0.05) is 6.42 Å². The molecule has 2 heterocycles. The van der Waals surface area contributed by atoms with Crippen molar-refractivity contribution in [3.8, 4) is 0 Å². The summed E-state index contributed by atoms with van der Waals surface area (Å²) in [5.41, 5.74) is 0.126. The molecule has 22 heavy (non-hydrogen) atoms. The minimum Gasteiger partial charge on any atom is -0.384 e. The smallest absolute Gasteiger partial charge is 0.228 e. The fourth-order valence-electron chi connectivity index (χ4n) is 4.45. The average molecular weight is 310 g/mol. The molecule has 3 fully saturated rings. The van der Waals surface area contributed by atoms with Gasteiger partial charge in [0.25, 0.3) is 0 Å². The highest BCUT2D eigenvalue weighted by atomic mass is 16.5. The van der Waals surface area contributed by atoms with Gasteiger partial charge in [-0.2, -0.15) is 0 Å². The number of amides is 1. The Labute approximate surface area is 133 Å². The molecule has 5 nitrogen and oxygen atoms in total. The van der Waals surface area contributed by atoms with Crippen LogP contribution in [0.3, 0.4) is 0 Å². The number of hydrogen-bond acceptors (Lipinski definition) is 4. The van der Waals surface area contributed by atoms with Crippen molar-refractivity contribution in [1.29, 1.82) is 0 Å². The van der Waals surface area contributed by atoms with Gasteiger partial charge in [0.2, 0.25) is 5.91 Å². The molecule has 0 N–H and O–H groups in total. The molecule has 1 saturated carbocycles. The molecule has 5 heteroatoms. The summed E-state index contributed by atoms with van der Waals surface area (Å²) < 4.78 is 10.6. The number of ether oxygens (including phenoxy) is 2. The lowest BCUT2D eigenvalue weighted by atomic mass is 9.70. The summed E-state index contributed by atoms with van der Waals surface area (Å²) in [6, 6.07) is 0.819. The zero-order chi connectivity index (χ0) is 15.6. The SMILES string of the molecule is COCCN1CC2(CCN(C3CCC3)CC2)[C@H](COC)C1=O. The second-order valence-electron chi connectivity index (χ2n) is 7.24. The van der Waals surface area contributed by atoms with E-state index in [1.807, 2.05) is 4.90 Å². The van der Waals surface area contributed by atoms with Crippen LogP contribution in [0.15, 0.2) is 0 Å². The van der Waals surface area contributed by atoms with Crippen molar-refractivity contribution < 1.29 is 14.3 Å². The van der Waals surface area contributed by atoms with Gasteiger partial charge >= 0.3 is 0 Å². The number of hydrogen-bond donors (Lipinski definition) is 0. The zero-order valence-electron chi connectivity index (χ0n) is 14.1. The van der Waals surface area contributed by atoms with Crippen LogP contribution >= 0.6 is 0 Å². The van der Waals surface area contributed by atoms with Gasteiger partial charge in [-0.3, -0.25) is 4.79 Å². The van der Waals surface area contributed by atoms with Crippen molar-refractivity contribution >= 4 is 5.91 Å². The maximum absolute atomic E-state index is 12.7. The van der Waals surface area contributed by atoms with Gasteiger partial charge < -0.3 is 19.3 Å². The Morgan fingerprint density at radius 1 is 1.18 bits per heavy atom. The molecule has 3 aliphatic rings. The standard InChI is InChI=1S/C17H30N2O3/c1-21-11-10-19-13-17(15(12-22-2)16(19)20)6-8-18(9-7-17)14-4-3-5-14/h14-15H,3-13H2,1-2H3/t15-/m1/s1. The first-order valence-electron chi connectivity index (χ1n) is 8.71. The Morgan fingerprint density at radius 2 is 1.91 bits per heavy atom. The first-order valence-corrected chi connectivity index (χ1v) is 8.71. The molecule has 2 aliphatic heterocycles. The largest absolute Gasteiger partial charge is 0.384 e. The molecule has 3 rings (SSSR count). The summed E-state index contributed by atoms with van der Waals surface area (Å²) in [5.74, 6) is 0.314. The lowest BCUT2D eigenvalue weighted by Crippen LogP contribution is -2.50. The molecule has 126 valence electrons. The first-order chi connectivity index (χ1) is 10.7. The highest BCUT2D eigenvalue weighted by molar-refractivity contribution is 5.82. The summed E-state index contributed by atoms with van der Waals surface area (Å²) in [4.78, 5) is 17.4. The minimum absolute atomic E-state index is 0.0397. The van der Waals surface area contributed by atoms with Crippen LogP contribution in [0.1, 0.15) is 32.1 Å². The molecular weight excluding hydrogens is 280 g/mol. The van der Waals surface area contributed by atoms with Crippen LogP contribution in [-0.4, -0.2) is 75.4 Å². The molecule has 1 atom stereocenters. The van der Waals surface area contributed by atoms with Gasteiger partial charge in [-0.15, -0.1) is 0 Å². The number of carbonyl (C=O) groups is 1. The minimum atomic E-state index is 0.0397. The van der Waals surface area contributed by atoms with E-state index in [0.717, 1.165) is 38.5 Å². The number of rotatable bonds is 6. The van der Waals surface area contributed by atoms with Gasteiger partial charge in [0.15, 0.2) is 0 Å². The van der Waals surface area contributed by atoms with E-state index in [2.05, 4.69) is 4.90 Å². The molecule has 1 spiro atoms. The average Bonchev–Trinajstić information content (AvgIpc) is 2.72. The quantitative estimate of drug-likeness (QED) is 0.743. The van der Waals surface area contributed by atoms with E-state index in [1.54, 1.807) is 14.2 Å². The molecule has 1 amide bonds. The summed E-state index contributed by atoms with van der Waals surface area (Å²) in [5, 5.41) is 0. The Morgan fingerprint density at radius 3 is 2.45 bits per heavy atom. The molecule has 0 unspecified atom stereocenters. The molecular formula is C17H30N2O3. The van der Waals surface area contributed by atoms with Crippen molar-refractivity contribution in [2.45, 2.75) is 38.1 Å². The van der Waals surface area contributed by atoms with E-state index >= 15 is 0 Å². The zero-order valence-corrected chi connectivity index (χ0v) is 14.1. The number of piperidine rings is 1. The van der Waals surface area contributed by atoms with Crippen LogP contribution < -0.4 is 0 Å². The van der Waals surface area contributed by atoms with Crippen LogP contribution in [0, 0.1) is 11.3 Å². The predicted octanol–water partition coefficient (Wildman–Crippen LogP) is 1.37. The van der Waals surface area contributed by atoms with E-state index in [9.17, 15) is 4.79 Å². The summed E-state index contributed by atoms with van der Waals surface area (Å²) in [6.07, 6.45) is 6.39. The fourth-order valence-corrected chi connectivity index (χ4v) is 4.45. The Hall–Kier alpha value is -0.650. The van der Waals surface area contributed by atoms with Crippen LogP contribution in [0.5, 0.6) is 0 Å². The fraction of sp³-hybridized carbons (Fsp3) is 0.941. The third-order valence-corrected chi connectivity index (χ3v) is 6.14. The highest BCUT2D eigenvalue weighted by Crippen LogP contribution is 2.46. The Balaban J connectivity index is 1.66. The third kappa shape index (κ3) is 2.91. The van der Waals surface area contributed by atoms with E-state index in [0.29, 0.717) is 19.8 Å². The topological polar surface area (TPSA) is 42.0 Å². The van der Waals surface area contributed by atoms with Crippen molar-refractivity contribution in [2.75, 3.05) is 53.6 Å². The predicted molar refractivity (Wildman–Crippen MR) is 84.7 cm³/mol. The van der Waals surface area contributed by atoms with E-state index in [1.165, 1.54) is 19.3 Å². The van der Waals surface area contributed by atoms with Gasteiger partial charge in [0, 0.05) is 38.8 Å². The molecule has 1 aliphatic carbocycles. The van der Waals surface area contributed by atoms with E-state index < -0.39 is 0 Å². The summed E-state index contributed by atoms with van der Waals surface area (Å²) in [7, 11) is 3.41. The maximum Gasteiger partial charge on any atom is 0.228 e. The number of likely N-dealkylation sites (tertiary alicyclic amines) is 2. The van der Waals surface area contributed by atoms with Crippen molar-refractivity contribution in [3.63, 3.8) is 0 Å². The number of carbonyl (C=O) groups excluding carboxylic acids is 1. The Bertz CT molecular complexity index is 389. The maximum atomic E-state index is 12.7. The van der Waals surface area contributed by atoms with Crippen LogP contribution in [0.2, 0.25) is 0 Å². The second kappa shape index (κ2) is 6.85. The second-order valence-corrected chi connectivity index (χ2v) is 7.24. The van der Waals surface area contributed by atoms with Gasteiger partial charge in [0.05, 0.1) is 19.1 Å². The lowest BCUT2D eigenvalue weighted by Gasteiger charge is -2.46. The van der Waals surface area contributed by atoms with Crippen LogP contribution in [0.25, 0.3) is 0 Å². The Kier molecular flexibility index (Phi) is 5.05. The third-order valence-electron chi connectivity index (χ3n) is 6.14. The highest BCUT2D eigenvalue weighted by Gasteiger charge is 2.53. The molecule has 2 saturated heterocycles. The van der Waals surface area contributed by atoms with Crippen LogP contribution in [0.4, 0.5) is 0 Å². The molecule has 0 bridgehead atoms. The first kappa shape index (κ1) is 16.2. The summed E-state index contributed by atoms with van der Waals surface area (Å²) in [6.45, 7) is 5.08. The van der Waals surface area contributed by atoms with Crippen molar-refractivity contribution in [2.24, 2.45) is 11.3 Å². The van der Waals surface area contributed by atoms with Crippen molar-refractivity contribution in [3.05, 3.63) is 0 Å². The van der Waals surface area contributed by atoms with Crippen molar-refractivity contribution in [1.82, 2.24) is 9.80 Å². The lowest BCUT2D eigenvalue weighted by molar-refractivity contribution is -0.134. The molecule has 0 aromatic rings. The summed E-state index contributed by atoms with van der Waals surface area (Å²) >= 11 is 0. The number of methoxy groups -OCH3 is 2. The monoisotopic (exact) mass is 310 g/mol. The van der Waals surface area contributed by atoms with E-state index in [4.69, 9.17) is 9.47 Å². The molecule has 0 aromatic heterocycles. The normalized spacial score (nSPS) is 29.3. The van der Waals surface area contributed by atoms with E-state index in [-0.39, 0.29) is 17.2 Å². The molecule has 0 radical (unpaired) electrons. The number of nitrogens with zero attached hydrogens (tertiary/aromatic N) is 2.